The van der Waals surface area contributed by atoms with E-state index in [1.54, 1.807) is 30.3 Å². The van der Waals surface area contributed by atoms with E-state index in [1.807, 2.05) is 0 Å². The van der Waals surface area contributed by atoms with Gasteiger partial charge >= 0.3 is 0 Å². The Bertz CT molecular complexity index is 1210. The normalized spacial score (nSPS) is 24.8. The first kappa shape index (κ1) is 25.4. The molecular formula is C22H27N7O7. The average molecular weight is 502 g/mol. The number of hydrogen-bond donors (Lipinski definition) is 7. The van der Waals surface area contributed by atoms with Gasteiger partial charge in [-0.05, 0) is 5.56 Å². The molecule has 0 saturated carbocycles. The minimum absolute atomic E-state index is 0.0970. The van der Waals surface area contributed by atoms with E-state index in [2.05, 4.69) is 25.6 Å². The molecule has 6 atom stereocenters. The Kier molecular flexibility index (Phi) is 7.71. The maximum absolute atomic E-state index is 13.2. The molecule has 0 radical (unpaired) electrons. The third-order valence-electron chi connectivity index (χ3n) is 5.89. The molecule has 36 heavy (non-hydrogen) atoms. The molecule has 1 fully saturated rings. The number of anilines is 1. The Balaban J connectivity index is 1.50. The van der Waals surface area contributed by atoms with Crippen molar-refractivity contribution < 1.29 is 34.8 Å². The summed E-state index contributed by atoms with van der Waals surface area (Å²) >= 11 is 0. The Hall–Kier alpha value is -3.69. The minimum Gasteiger partial charge on any atom is -0.394 e. The second-order valence-corrected chi connectivity index (χ2v) is 8.38. The van der Waals surface area contributed by atoms with Gasteiger partial charge in [-0.15, -0.1) is 0 Å². The highest BCUT2D eigenvalue weighted by atomic mass is 16.6. The SMILES string of the molecule is Nc1ncnc2c1ncn2CC(=O)NC(Cc1ccccc1)C(=O)N[C@H]1C(O)OC(CO)[C@@H](O)C1O. The number of aliphatic hydroxyl groups is 4. The summed E-state index contributed by atoms with van der Waals surface area (Å²) in [5, 5.41) is 45.0. The van der Waals surface area contributed by atoms with Gasteiger partial charge in [0, 0.05) is 6.42 Å². The fraction of sp³-hybridized carbons (Fsp3) is 0.409. The zero-order chi connectivity index (χ0) is 25.8. The van der Waals surface area contributed by atoms with Crippen LogP contribution in [0.4, 0.5) is 5.82 Å². The molecule has 1 aliphatic heterocycles. The predicted molar refractivity (Wildman–Crippen MR) is 124 cm³/mol. The maximum atomic E-state index is 13.2. The summed E-state index contributed by atoms with van der Waals surface area (Å²) in [5.74, 6) is -1.10. The Labute approximate surface area is 204 Å². The first-order valence-electron chi connectivity index (χ1n) is 11.1. The number of aliphatic hydroxyl groups excluding tert-OH is 4. The third kappa shape index (κ3) is 5.42. The molecule has 3 heterocycles. The molecular weight excluding hydrogens is 474 g/mol. The van der Waals surface area contributed by atoms with E-state index in [0.717, 1.165) is 5.56 Å². The van der Waals surface area contributed by atoms with Gasteiger partial charge in [-0.3, -0.25) is 9.59 Å². The molecule has 0 aliphatic carbocycles. The standard InChI is InChI=1S/C22H27N7O7/c23-19-16-20(25-9-24-19)29(10-26-16)7-14(31)27-12(6-11-4-2-1-3-5-11)21(34)28-15-18(33)17(32)13(8-30)36-22(15)35/h1-5,9-10,12-13,15,17-18,22,30,32-33,35H,6-8H2,(H,27,31)(H,28,34)(H2,23,24,25)/t12?,13?,15-,17-,18?,22?/m1/s1. The van der Waals surface area contributed by atoms with Crippen molar-refractivity contribution in [2.24, 2.45) is 0 Å². The molecule has 0 spiro atoms. The fourth-order valence-corrected chi connectivity index (χ4v) is 3.99. The van der Waals surface area contributed by atoms with Crippen molar-refractivity contribution in [2.75, 3.05) is 12.3 Å². The number of aromatic nitrogens is 4. The summed E-state index contributed by atoms with van der Waals surface area (Å²) < 4.78 is 6.54. The third-order valence-corrected chi connectivity index (χ3v) is 5.89. The monoisotopic (exact) mass is 501 g/mol. The van der Waals surface area contributed by atoms with E-state index in [4.69, 9.17) is 10.5 Å². The van der Waals surface area contributed by atoms with E-state index in [9.17, 15) is 30.0 Å². The number of carbonyl (C=O) groups is 2. The van der Waals surface area contributed by atoms with Crippen molar-refractivity contribution >= 4 is 28.8 Å². The van der Waals surface area contributed by atoms with Gasteiger partial charge in [0.05, 0.1) is 12.9 Å². The van der Waals surface area contributed by atoms with E-state index in [0.29, 0.717) is 11.2 Å². The lowest BCUT2D eigenvalue weighted by Gasteiger charge is -2.40. The van der Waals surface area contributed by atoms with E-state index < -0.39 is 55.1 Å². The largest absolute Gasteiger partial charge is 0.394 e. The summed E-state index contributed by atoms with van der Waals surface area (Å²) in [4.78, 5) is 38.1. The lowest BCUT2D eigenvalue weighted by Crippen LogP contribution is -2.65. The number of nitrogens with zero attached hydrogens (tertiary/aromatic N) is 4. The zero-order valence-corrected chi connectivity index (χ0v) is 19.0. The van der Waals surface area contributed by atoms with Gasteiger partial charge in [0.25, 0.3) is 0 Å². The Morgan fingerprint density at radius 1 is 1.11 bits per heavy atom. The number of nitrogens with two attached hydrogens (primary N) is 1. The summed E-state index contributed by atoms with van der Waals surface area (Å²) in [7, 11) is 0. The summed E-state index contributed by atoms with van der Waals surface area (Å²) in [6.07, 6.45) is -3.35. The summed E-state index contributed by atoms with van der Waals surface area (Å²) in [6.45, 7) is -0.859. The fourth-order valence-electron chi connectivity index (χ4n) is 3.99. The number of imidazole rings is 1. The second kappa shape index (κ2) is 10.9. The number of fused-ring (bicyclic) bond motifs is 1. The molecule has 1 aliphatic rings. The van der Waals surface area contributed by atoms with Crippen LogP contribution in [0.15, 0.2) is 43.0 Å². The average Bonchev–Trinajstić information content (AvgIpc) is 3.28. The Morgan fingerprint density at radius 3 is 2.58 bits per heavy atom. The van der Waals surface area contributed by atoms with Crippen LogP contribution in [-0.4, -0.2) is 95.1 Å². The van der Waals surface area contributed by atoms with Crippen LogP contribution < -0.4 is 16.4 Å². The number of carbonyl (C=O) groups excluding carboxylic acids is 2. The van der Waals surface area contributed by atoms with Gasteiger partial charge in [-0.2, -0.15) is 0 Å². The number of rotatable bonds is 8. The van der Waals surface area contributed by atoms with Gasteiger partial charge in [-0.1, -0.05) is 30.3 Å². The molecule has 192 valence electrons. The van der Waals surface area contributed by atoms with Gasteiger partial charge in [0.1, 0.15) is 48.8 Å². The van der Waals surface area contributed by atoms with E-state index in [-0.39, 0.29) is 18.8 Å². The molecule has 0 bridgehead atoms. The van der Waals surface area contributed by atoms with Crippen LogP contribution in [0.25, 0.3) is 11.2 Å². The van der Waals surface area contributed by atoms with Crippen molar-refractivity contribution in [3.05, 3.63) is 48.5 Å². The van der Waals surface area contributed by atoms with Crippen LogP contribution in [0.5, 0.6) is 0 Å². The van der Waals surface area contributed by atoms with Crippen molar-refractivity contribution in [1.29, 1.82) is 0 Å². The molecule has 1 aromatic carbocycles. The topological polar surface area (TPSA) is 218 Å². The van der Waals surface area contributed by atoms with Crippen molar-refractivity contribution in [3.8, 4) is 0 Å². The van der Waals surface area contributed by atoms with Gasteiger partial charge < -0.3 is 46.1 Å². The first-order valence-corrected chi connectivity index (χ1v) is 11.1. The van der Waals surface area contributed by atoms with Crippen molar-refractivity contribution in [1.82, 2.24) is 30.2 Å². The van der Waals surface area contributed by atoms with Gasteiger partial charge in [0.15, 0.2) is 17.8 Å². The number of hydrogen-bond acceptors (Lipinski definition) is 11. The number of benzene rings is 1. The van der Waals surface area contributed by atoms with Crippen LogP contribution >= 0.6 is 0 Å². The summed E-state index contributed by atoms with van der Waals surface area (Å²) in [5.41, 5.74) is 7.21. The van der Waals surface area contributed by atoms with Crippen molar-refractivity contribution in [2.45, 2.75) is 49.7 Å². The molecule has 1 saturated heterocycles. The molecule has 2 aromatic heterocycles. The molecule has 14 nitrogen and oxygen atoms in total. The number of nitrogens with one attached hydrogen (secondary N) is 2. The van der Waals surface area contributed by atoms with Gasteiger partial charge in [-0.25, -0.2) is 15.0 Å². The van der Waals surface area contributed by atoms with Gasteiger partial charge in [0.2, 0.25) is 11.8 Å². The molecule has 8 N–H and O–H groups in total. The van der Waals surface area contributed by atoms with Crippen LogP contribution in [0.2, 0.25) is 0 Å². The number of amides is 2. The quantitative estimate of drug-likeness (QED) is 0.165. The second-order valence-electron chi connectivity index (χ2n) is 8.38. The molecule has 3 aromatic rings. The van der Waals surface area contributed by atoms with Crippen LogP contribution in [-0.2, 0) is 27.3 Å². The zero-order valence-electron chi connectivity index (χ0n) is 19.0. The first-order chi connectivity index (χ1) is 17.3. The smallest absolute Gasteiger partial charge is 0.243 e. The maximum Gasteiger partial charge on any atom is 0.243 e. The van der Waals surface area contributed by atoms with Crippen LogP contribution in [0, 0.1) is 0 Å². The number of nitrogen functional groups attached to an aromatic ring is 1. The minimum atomic E-state index is -1.69. The van der Waals surface area contributed by atoms with Crippen molar-refractivity contribution in [3.63, 3.8) is 0 Å². The molecule has 4 unspecified atom stereocenters. The highest BCUT2D eigenvalue weighted by Crippen LogP contribution is 2.20. The van der Waals surface area contributed by atoms with Crippen LogP contribution in [0.3, 0.4) is 0 Å². The van der Waals surface area contributed by atoms with Crippen LogP contribution in [0.1, 0.15) is 5.56 Å². The predicted octanol–water partition coefficient (Wildman–Crippen LogP) is -2.95. The highest BCUT2D eigenvalue weighted by molar-refractivity contribution is 5.89. The lowest BCUT2D eigenvalue weighted by molar-refractivity contribution is -0.254. The van der Waals surface area contributed by atoms with E-state index >= 15 is 0 Å². The lowest BCUT2D eigenvalue weighted by atomic mass is 9.96. The van der Waals surface area contributed by atoms with E-state index in [1.165, 1.54) is 17.2 Å². The molecule has 14 heteroatoms. The molecule has 2 amide bonds. The number of ether oxygens (including phenoxy) is 1. The summed E-state index contributed by atoms with van der Waals surface area (Å²) in [6, 6.07) is 6.41. The molecule has 4 rings (SSSR count). The highest BCUT2D eigenvalue weighted by Gasteiger charge is 2.44. The Morgan fingerprint density at radius 2 is 1.86 bits per heavy atom.